The number of nitrogens with one attached hydrogen (secondary N) is 3. The summed E-state index contributed by atoms with van der Waals surface area (Å²) in [7, 11) is 0. The number of rotatable bonds is 7. The molecule has 2 aliphatic rings. The highest BCUT2D eigenvalue weighted by Gasteiger charge is 2.30. The van der Waals surface area contributed by atoms with Crippen molar-refractivity contribution in [1.82, 2.24) is 10.3 Å². The quantitative estimate of drug-likeness (QED) is 0.288. The molecule has 4 aromatic rings. The Morgan fingerprint density at radius 3 is 2.56 bits per heavy atom. The van der Waals surface area contributed by atoms with Crippen LogP contribution in [0.1, 0.15) is 44.1 Å². The molecule has 0 spiro atoms. The van der Waals surface area contributed by atoms with Crippen LogP contribution in [0.3, 0.4) is 0 Å². The van der Waals surface area contributed by atoms with Crippen LogP contribution in [0.2, 0.25) is 0 Å². The first-order valence-electron chi connectivity index (χ1n) is 12.8. The van der Waals surface area contributed by atoms with Crippen LogP contribution in [0.15, 0.2) is 60.7 Å². The number of hydrogen-bond acceptors (Lipinski definition) is 5. The normalized spacial score (nSPS) is 19.9. The molecule has 7 heteroatoms. The molecular weight excluding hydrogens is 468 g/mol. The van der Waals surface area contributed by atoms with Crippen LogP contribution in [0.5, 0.6) is 0 Å². The third-order valence-electron chi connectivity index (χ3n) is 7.29. The fourth-order valence-electron chi connectivity index (χ4n) is 5.08. The summed E-state index contributed by atoms with van der Waals surface area (Å²) < 4.78 is 0.956. The second kappa shape index (κ2) is 9.99. The maximum atomic E-state index is 13.1. The smallest absolute Gasteiger partial charge is 0.229 e. The Bertz CT molecular complexity index is 1430. The maximum Gasteiger partial charge on any atom is 0.229 e. The van der Waals surface area contributed by atoms with Gasteiger partial charge in [0.15, 0.2) is 5.13 Å². The summed E-state index contributed by atoms with van der Waals surface area (Å²) in [6.45, 7) is 0.811. The molecule has 2 amide bonds. The molecule has 0 aliphatic heterocycles. The van der Waals surface area contributed by atoms with Gasteiger partial charge < -0.3 is 16.0 Å². The molecule has 6 nitrogen and oxygen atoms in total. The highest BCUT2D eigenvalue weighted by molar-refractivity contribution is 7.22. The molecule has 1 heterocycles. The summed E-state index contributed by atoms with van der Waals surface area (Å²) in [5, 5.41) is 12.9. The van der Waals surface area contributed by atoms with E-state index in [0.29, 0.717) is 11.2 Å². The van der Waals surface area contributed by atoms with E-state index in [1.54, 1.807) is 0 Å². The first kappa shape index (κ1) is 23.1. The van der Waals surface area contributed by atoms with Gasteiger partial charge in [0, 0.05) is 30.1 Å². The van der Waals surface area contributed by atoms with Gasteiger partial charge in [0.25, 0.3) is 0 Å². The molecular formula is C29H30N4O2S. The topological polar surface area (TPSA) is 83.1 Å². The Morgan fingerprint density at radius 2 is 1.69 bits per heavy atom. The van der Waals surface area contributed by atoms with Gasteiger partial charge in [-0.3, -0.25) is 9.59 Å². The maximum absolute atomic E-state index is 13.1. The van der Waals surface area contributed by atoms with E-state index in [4.69, 9.17) is 0 Å². The van der Waals surface area contributed by atoms with Gasteiger partial charge in [-0.1, -0.05) is 54.2 Å². The number of carbonyl (C=O) groups is 2. The largest absolute Gasteiger partial charge is 0.326 e. The minimum Gasteiger partial charge on any atom is -0.326 e. The molecule has 36 heavy (non-hydrogen) atoms. The molecule has 2 aliphatic carbocycles. The molecule has 0 radical (unpaired) electrons. The minimum atomic E-state index is -0.00148. The summed E-state index contributed by atoms with van der Waals surface area (Å²) in [5.41, 5.74) is 2.88. The molecule has 3 aromatic carbocycles. The highest BCUT2D eigenvalue weighted by Crippen LogP contribution is 2.33. The Kier molecular flexibility index (Phi) is 6.42. The Hall–Kier alpha value is -3.29. The van der Waals surface area contributed by atoms with Gasteiger partial charge in [0.1, 0.15) is 0 Å². The molecule has 6 rings (SSSR count). The minimum absolute atomic E-state index is 0.00148. The lowest BCUT2D eigenvalue weighted by atomic mass is 9.85. The van der Waals surface area contributed by atoms with E-state index in [2.05, 4.69) is 63.4 Å². The first-order valence-corrected chi connectivity index (χ1v) is 13.7. The third kappa shape index (κ3) is 5.27. The Morgan fingerprint density at radius 1 is 0.861 bits per heavy atom. The molecule has 2 fully saturated rings. The third-order valence-corrected chi connectivity index (χ3v) is 8.22. The van der Waals surface area contributed by atoms with Crippen molar-refractivity contribution in [2.45, 2.75) is 51.1 Å². The Balaban J connectivity index is 1.05. The van der Waals surface area contributed by atoms with Crippen molar-refractivity contribution in [2.24, 2.45) is 11.8 Å². The molecule has 2 unspecified atom stereocenters. The van der Waals surface area contributed by atoms with Gasteiger partial charge in [-0.25, -0.2) is 4.98 Å². The monoisotopic (exact) mass is 498 g/mol. The molecule has 1 aromatic heterocycles. The second-order valence-electron chi connectivity index (χ2n) is 10.1. The zero-order chi connectivity index (χ0) is 24.5. The van der Waals surface area contributed by atoms with Crippen molar-refractivity contribution < 1.29 is 9.59 Å². The van der Waals surface area contributed by atoms with Crippen LogP contribution in [0.4, 0.5) is 10.8 Å². The lowest BCUT2D eigenvalue weighted by Gasteiger charge is -2.29. The van der Waals surface area contributed by atoms with Crippen LogP contribution in [-0.4, -0.2) is 22.8 Å². The fourth-order valence-corrected chi connectivity index (χ4v) is 5.99. The van der Waals surface area contributed by atoms with E-state index < -0.39 is 0 Å². The second-order valence-corrected chi connectivity index (χ2v) is 11.1. The average Bonchev–Trinajstić information content (AvgIpc) is 3.68. The van der Waals surface area contributed by atoms with Gasteiger partial charge in [0.2, 0.25) is 11.8 Å². The zero-order valence-corrected chi connectivity index (χ0v) is 20.9. The number of fused-ring (bicyclic) bond motifs is 2. The average molecular weight is 499 g/mol. The summed E-state index contributed by atoms with van der Waals surface area (Å²) >= 11 is 1.45. The number of nitrogens with zero attached hydrogens (tertiary/aromatic N) is 1. The van der Waals surface area contributed by atoms with E-state index in [-0.39, 0.29) is 23.7 Å². The summed E-state index contributed by atoms with van der Waals surface area (Å²) in [6.07, 6.45) is 5.84. The first-order chi connectivity index (χ1) is 17.6. The molecule has 184 valence electrons. The van der Waals surface area contributed by atoms with Crippen LogP contribution >= 0.6 is 11.3 Å². The molecule has 2 saturated carbocycles. The van der Waals surface area contributed by atoms with E-state index >= 15 is 0 Å². The van der Waals surface area contributed by atoms with E-state index in [1.807, 2.05) is 18.2 Å². The molecule has 0 bridgehead atoms. The van der Waals surface area contributed by atoms with Gasteiger partial charge >= 0.3 is 0 Å². The van der Waals surface area contributed by atoms with Crippen molar-refractivity contribution in [3.8, 4) is 0 Å². The number of aromatic nitrogens is 1. The van der Waals surface area contributed by atoms with Crippen LogP contribution in [-0.2, 0) is 16.1 Å². The Labute approximate surface area is 214 Å². The summed E-state index contributed by atoms with van der Waals surface area (Å²) in [5.74, 6) is 0.286. The number of amides is 2. The zero-order valence-electron chi connectivity index (χ0n) is 20.1. The number of thiazole rings is 1. The number of carbonyl (C=O) groups excluding carboxylic acids is 2. The van der Waals surface area contributed by atoms with Crippen LogP contribution < -0.4 is 16.0 Å². The fraction of sp³-hybridized carbons (Fsp3) is 0.345. The van der Waals surface area contributed by atoms with E-state index in [9.17, 15) is 9.59 Å². The van der Waals surface area contributed by atoms with Crippen molar-refractivity contribution in [2.75, 3.05) is 10.6 Å². The lowest BCUT2D eigenvalue weighted by molar-refractivity contribution is -0.121. The molecule has 2 atom stereocenters. The van der Waals surface area contributed by atoms with Crippen LogP contribution in [0.25, 0.3) is 21.0 Å². The standard InChI is InChI=1S/C29H30N4O2S/c34-27(20-10-11-20)33-29-32-25-13-12-24(16-26(25)36-29)31-28(35)22-6-3-7-23(15-22)30-17-18-8-9-19-4-1-2-5-21(19)14-18/h1-2,4-5,8-9,12-14,16,20,22-23,30H,3,6-7,10-11,15,17H2,(H,31,35)(H,32,33,34). The predicted octanol–water partition coefficient (Wildman–Crippen LogP) is 6.09. The van der Waals surface area contributed by atoms with Crippen molar-refractivity contribution in [1.29, 1.82) is 0 Å². The molecule has 3 N–H and O–H groups in total. The highest BCUT2D eigenvalue weighted by atomic mass is 32.1. The van der Waals surface area contributed by atoms with Crippen molar-refractivity contribution in [3.05, 3.63) is 66.2 Å². The SMILES string of the molecule is O=C(Nc1ccc2nc(NC(=O)C3CC3)sc2c1)C1CCCC(NCc2ccc3ccccc3c2)C1. The van der Waals surface area contributed by atoms with Crippen LogP contribution in [0, 0.1) is 11.8 Å². The van der Waals surface area contributed by atoms with Gasteiger partial charge in [0.05, 0.1) is 10.2 Å². The summed E-state index contributed by atoms with van der Waals surface area (Å²) in [4.78, 5) is 29.6. The number of benzene rings is 3. The molecule has 0 saturated heterocycles. The van der Waals surface area contributed by atoms with E-state index in [1.165, 1.54) is 27.7 Å². The number of hydrogen-bond donors (Lipinski definition) is 3. The summed E-state index contributed by atoms with van der Waals surface area (Å²) in [6, 6.07) is 21.1. The van der Waals surface area contributed by atoms with Crippen molar-refractivity contribution in [3.63, 3.8) is 0 Å². The lowest BCUT2D eigenvalue weighted by Crippen LogP contribution is -2.37. The van der Waals surface area contributed by atoms with Gasteiger partial charge in [-0.2, -0.15) is 0 Å². The van der Waals surface area contributed by atoms with Gasteiger partial charge in [-0.15, -0.1) is 0 Å². The van der Waals surface area contributed by atoms with Crippen molar-refractivity contribution >= 4 is 55.0 Å². The predicted molar refractivity (Wildman–Crippen MR) is 146 cm³/mol. The van der Waals surface area contributed by atoms with Gasteiger partial charge in [-0.05, 0) is 72.7 Å². The van der Waals surface area contributed by atoms with E-state index in [0.717, 1.165) is 61.0 Å². The number of anilines is 2.